The number of aromatic nitrogens is 4. The van der Waals surface area contributed by atoms with Gasteiger partial charge >= 0.3 is 5.97 Å². The number of hydrogen-bond donors (Lipinski definition) is 0. The Balaban J connectivity index is 1.49. The number of aryl methyl sites for hydroxylation is 2. The summed E-state index contributed by atoms with van der Waals surface area (Å²) < 4.78 is 6.60. The van der Waals surface area contributed by atoms with Crippen LogP contribution in [0.25, 0.3) is 5.78 Å². The number of amides is 1. The van der Waals surface area contributed by atoms with Crippen molar-refractivity contribution in [2.45, 2.75) is 19.9 Å². The van der Waals surface area contributed by atoms with Gasteiger partial charge in [-0.2, -0.15) is 4.98 Å². The topological polar surface area (TPSA) is 92.9 Å². The molecule has 31 heavy (non-hydrogen) atoms. The van der Waals surface area contributed by atoms with Crippen molar-refractivity contribution in [3.05, 3.63) is 58.1 Å². The minimum atomic E-state index is -0.553. The number of nitrogens with zero attached hydrogens (tertiary/aromatic N) is 6. The second-order valence-electron chi connectivity index (χ2n) is 7.49. The van der Waals surface area contributed by atoms with Gasteiger partial charge in [0.05, 0.1) is 7.11 Å². The van der Waals surface area contributed by atoms with E-state index < -0.39 is 6.04 Å². The molecule has 0 saturated carbocycles. The lowest BCUT2D eigenvalue weighted by Gasteiger charge is -2.37. The Labute approximate surface area is 184 Å². The van der Waals surface area contributed by atoms with Crippen LogP contribution in [0.3, 0.4) is 0 Å². The summed E-state index contributed by atoms with van der Waals surface area (Å²) in [6.07, 6.45) is 0. The van der Waals surface area contributed by atoms with E-state index >= 15 is 0 Å². The number of carbonyl (C=O) groups is 2. The highest BCUT2D eigenvalue weighted by Gasteiger charge is 2.33. The molecule has 9 nitrogen and oxygen atoms in total. The Morgan fingerprint density at radius 2 is 1.74 bits per heavy atom. The summed E-state index contributed by atoms with van der Waals surface area (Å²) in [4.78, 5) is 37.8. The van der Waals surface area contributed by atoms with Gasteiger partial charge in [-0.3, -0.25) is 9.69 Å². The van der Waals surface area contributed by atoms with Crippen LogP contribution < -0.4 is 0 Å². The highest BCUT2D eigenvalue weighted by atomic mass is 35.5. The number of benzene rings is 1. The molecule has 1 atom stereocenters. The predicted octanol–water partition coefficient (Wildman–Crippen LogP) is 2.07. The van der Waals surface area contributed by atoms with Crippen molar-refractivity contribution < 1.29 is 14.3 Å². The Morgan fingerprint density at radius 3 is 2.39 bits per heavy atom. The van der Waals surface area contributed by atoms with Crippen molar-refractivity contribution in [2.24, 2.45) is 0 Å². The van der Waals surface area contributed by atoms with Crippen LogP contribution in [0.1, 0.15) is 33.6 Å². The summed E-state index contributed by atoms with van der Waals surface area (Å²) in [5.74, 6) is -0.0609. The van der Waals surface area contributed by atoms with E-state index in [0.717, 1.165) is 17.0 Å². The SMILES string of the molecule is COC(=O)C(c1ccc(Cl)cc1)N1CCN(C(=O)c2nc3nc(C)cc(C)n3n2)CC1. The van der Waals surface area contributed by atoms with E-state index in [9.17, 15) is 9.59 Å². The molecular weight excluding hydrogens is 420 g/mol. The lowest BCUT2D eigenvalue weighted by Crippen LogP contribution is -2.51. The Kier molecular flexibility index (Phi) is 5.88. The Bertz CT molecular complexity index is 1120. The average Bonchev–Trinajstić information content (AvgIpc) is 3.19. The van der Waals surface area contributed by atoms with E-state index in [0.29, 0.717) is 37.0 Å². The van der Waals surface area contributed by atoms with E-state index in [4.69, 9.17) is 16.3 Å². The molecule has 3 aromatic rings. The van der Waals surface area contributed by atoms with Crippen molar-refractivity contribution >= 4 is 29.3 Å². The van der Waals surface area contributed by atoms with Crippen molar-refractivity contribution in [3.8, 4) is 0 Å². The molecule has 1 aliphatic rings. The molecule has 162 valence electrons. The largest absolute Gasteiger partial charge is 0.468 e. The molecule has 0 N–H and O–H groups in total. The monoisotopic (exact) mass is 442 g/mol. The summed E-state index contributed by atoms with van der Waals surface area (Å²) >= 11 is 5.98. The molecule has 2 aromatic heterocycles. The summed E-state index contributed by atoms with van der Waals surface area (Å²) in [7, 11) is 1.37. The molecule has 4 rings (SSSR count). The first-order valence-electron chi connectivity index (χ1n) is 9.95. The van der Waals surface area contributed by atoms with E-state index in [1.54, 1.807) is 21.5 Å². The maximum absolute atomic E-state index is 13.0. The van der Waals surface area contributed by atoms with Crippen molar-refractivity contribution in [1.82, 2.24) is 29.4 Å². The van der Waals surface area contributed by atoms with Gasteiger partial charge in [-0.05, 0) is 37.6 Å². The third-order valence-corrected chi connectivity index (χ3v) is 5.64. The Hall–Kier alpha value is -3.04. The standard InChI is InChI=1S/C21H23ClN6O3/c1-13-12-14(2)28-21(23-13)24-18(25-28)19(29)27-10-8-26(9-11-27)17(20(30)31-3)15-4-6-16(22)7-5-15/h4-7,12,17H,8-11H2,1-3H3. The van der Waals surface area contributed by atoms with Gasteiger partial charge in [0.1, 0.15) is 6.04 Å². The number of carbonyl (C=O) groups excluding carboxylic acids is 2. The van der Waals surface area contributed by atoms with Crippen molar-refractivity contribution in [1.29, 1.82) is 0 Å². The lowest BCUT2D eigenvalue weighted by molar-refractivity contribution is -0.148. The molecule has 0 radical (unpaired) electrons. The summed E-state index contributed by atoms with van der Waals surface area (Å²) in [5.41, 5.74) is 2.48. The average molecular weight is 443 g/mol. The van der Waals surface area contributed by atoms with Gasteiger partial charge in [0.2, 0.25) is 5.82 Å². The molecule has 1 unspecified atom stereocenters. The van der Waals surface area contributed by atoms with E-state index in [2.05, 4.69) is 15.1 Å². The maximum atomic E-state index is 13.0. The first kappa shape index (κ1) is 21.2. The van der Waals surface area contributed by atoms with Gasteiger partial charge < -0.3 is 9.64 Å². The van der Waals surface area contributed by atoms with Crippen LogP contribution in [-0.4, -0.2) is 74.5 Å². The second kappa shape index (κ2) is 8.60. The summed E-state index contributed by atoms with van der Waals surface area (Å²) in [6, 6.07) is 8.47. The van der Waals surface area contributed by atoms with E-state index in [1.165, 1.54) is 7.11 Å². The Morgan fingerprint density at radius 1 is 1.06 bits per heavy atom. The van der Waals surface area contributed by atoms with Crippen LogP contribution >= 0.6 is 11.6 Å². The molecule has 0 bridgehead atoms. The van der Waals surface area contributed by atoms with Gasteiger partial charge in [0.25, 0.3) is 11.7 Å². The van der Waals surface area contributed by atoms with Crippen molar-refractivity contribution in [2.75, 3.05) is 33.3 Å². The van der Waals surface area contributed by atoms with Gasteiger partial charge in [-0.1, -0.05) is 23.7 Å². The normalized spacial score (nSPS) is 15.8. The van der Waals surface area contributed by atoms with Crippen LogP contribution in [0, 0.1) is 13.8 Å². The first-order chi connectivity index (χ1) is 14.9. The third-order valence-electron chi connectivity index (χ3n) is 5.39. The number of piperazine rings is 1. The fourth-order valence-electron chi connectivity index (χ4n) is 3.83. The van der Waals surface area contributed by atoms with Crippen LogP contribution in [0.4, 0.5) is 0 Å². The predicted molar refractivity (Wildman–Crippen MR) is 114 cm³/mol. The number of hydrogen-bond acceptors (Lipinski definition) is 7. The van der Waals surface area contributed by atoms with Crippen LogP contribution in [0.15, 0.2) is 30.3 Å². The molecule has 3 heterocycles. The van der Waals surface area contributed by atoms with Crippen molar-refractivity contribution in [3.63, 3.8) is 0 Å². The number of esters is 1. The molecule has 1 amide bonds. The van der Waals surface area contributed by atoms with E-state index in [1.807, 2.05) is 36.9 Å². The highest BCUT2D eigenvalue weighted by Crippen LogP contribution is 2.25. The molecule has 10 heteroatoms. The van der Waals surface area contributed by atoms with Gasteiger partial charge in [0.15, 0.2) is 0 Å². The minimum Gasteiger partial charge on any atom is -0.468 e. The molecule has 1 aromatic carbocycles. The zero-order chi connectivity index (χ0) is 22.1. The molecule has 0 spiro atoms. The van der Waals surface area contributed by atoms with Gasteiger partial charge in [-0.15, -0.1) is 5.10 Å². The fourth-order valence-corrected chi connectivity index (χ4v) is 3.96. The first-order valence-corrected chi connectivity index (χ1v) is 10.3. The molecule has 1 fully saturated rings. The summed E-state index contributed by atoms with van der Waals surface area (Å²) in [6.45, 7) is 5.69. The zero-order valence-electron chi connectivity index (χ0n) is 17.6. The quantitative estimate of drug-likeness (QED) is 0.571. The number of ether oxygens (including phenoxy) is 1. The number of methoxy groups -OCH3 is 1. The zero-order valence-corrected chi connectivity index (χ0v) is 18.3. The van der Waals surface area contributed by atoms with Gasteiger partial charge in [-0.25, -0.2) is 14.3 Å². The molecular formula is C21H23ClN6O3. The lowest BCUT2D eigenvalue weighted by atomic mass is 10.0. The number of rotatable bonds is 4. The second-order valence-corrected chi connectivity index (χ2v) is 7.93. The highest BCUT2D eigenvalue weighted by molar-refractivity contribution is 6.30. The minimum absolute atomic E-state index is 0.122. The van der Waals surface area contributed by atoms with Crippen LogP contribution in [0.2, 0.25) is 5.02 Å². The number of fused-ring (bicyclic) bond motifs is 1. The molecule has 0 aliphatic carbocycles. The maximum Gasteiger partial charge on any atom is 0.327 e. The summed E-state index contributed by atoms with van der Waals surface area (Å²) in [5, 5.41) is 4.93. The fraction of sp³-hybridized carbons (Fsp3) is 0.381. The smallest absolute Gasteiger partial charge is 0.327 e. The van der Waals surface area contributed by atoms with E-state index in [-0.39, 0.29) is 17.7 Å². The molecule has 1 aliphatic heterocycles. The molecule has 1 saturated heterocycles. The third kappa shape index (κ3) is 4.24. The van der Waals surface area contributed by atoms with Gasteiger partial charge in [0, 0.05) is 42.6 Å². The van der Waals surface area contributed by atoms with Crippen LogP contribution in [-0.2, 0) is 9.53 Å². The van der Waals surface area contributed by atoms with Crippen LogP contribution in [0.5, 0.6) is 0 Å². The number of halogens is 1.